The molecule has 7 nitrogen and oxygen atoms in total. The third-order valence-corrected chi connectivity index (χ3v) is 4.15. The highest BCUT2D eigenvalue weighted by molar-refractivity contribution is 5.84. The molecule has 1 N–H and O–H groups in total. The van der Waals surface area contributed by atoms with Gasteiger partial charge in [0.1, 0.15) is 5.60 Å². The van der Waals surface area contributed by atoms with Gasteiger partial charge in [0.05, 0.1) is 19.3 Å². The Labute approximate surface area is 160 Å². The van der Waals surface area contributed by atoms with Crippen LogP contribution < -0.4 is 5.32 Å². The molecule has 0 unspecified atom stereocenters. The molecule has 2 heterocycles. The number of amides is 1. The van der Waals surface area contributed by atoms with Gasteiger partial charge in [-0.05, 0) is 44.5 Å². The predicted octanol–water partition coefficient (Wildman–Crippen LogP) is 3.13. The van der Waals surface area contributed by atoms with E-state index in [-0.39, 0.29) is 6.10 Å². The van der Waals surface area contributed by atoms with Gasteiger partial charge >= 0.3 is 6.09 Å². The van der Waals surface area contributed by atoms with Gasteiger partial charge in [0.2, 0.25) is 0 Å². The monoisotopic (exact) mass is 372 g/mol. The number of hydrogen-bond donors (Lipinski definition) is 1. The zero-order valence-electron chi connectivity index (χ0n) is 16.2. The Hall–Kier alpha value is -2.38. The molecule has 1 atom stereocenters. The number of nitrogens with one attached hydrogen (secondary N) is 1. The SMILES string of the molecule is CC(C)(C)OC(=O)Nc1cccc(CN2CCO[C@@H](Cn3cccn3)C2)c1. The van der Waals surface area contributed by atoms with Crippen molar-refractivity contribution in [1.29, 1.82) is 0 Å². The van der Waals surface area contributed by atoms with E-state index < -0.39 is 11.7 Å². The van der Waals surface area contributed by atoms with Gasteiger partial charge < -0.3 is 9.47 Å². The van der Waals surface area contributed by atoms with E-state index in [1.54, 1.807) is 6.20 Å². The van der Waals surface area contributed by atoms with E-state index in [1.165, 1.54) is 0 Å². The molecule has 1 aliphatic rings. The van der Waals surface area contributed by atoms with Gasteiger partial charge in [-0.2, -0.15) is 5.10 Å². The van der Waals surface area contributed by atoms with Crippen LogP contribution in [-0.4, -0.2) is 52.2 Å². The first kappa shape index (κ1) is 19.4. The second-order valence-corrected chi connectivity index (χ2v) is 7.78. The lowest BCUT2D eigenvalue weighted by Gasteiger charge is -2.33. The number of morpholine rings is 1. The Balaban J connectivity index is 1.55. The van der Waals surface area contributed by atoms with Crippen LogP contribution in [0.4, 0.5) is 10.5 Å². The van der Waals surface area contributed by atoms with Crippen LogP contribution in [0.1, 0.15) is 26.3 Å². The summed E-state index contributed by atoms with van der Waals surface area (Å²) in [6.45, 7) is 9.56. The van der Waals surface area contributed by atoms with Gasteiger partial charge in [0, 0.05) is 37.7 Å². The molecule has 0 aliphatic carbocycles. The van der Waals surface area contributed by atoms with Crippen LogP contribution in [0.2, 0.25) is 0 Å². The summed E-state index contributed by atoms with van der Waals surface area (Å²) in [5.41, 5.74) is 1.37. The highest BCUT2D eigenvalue weighted by Gasteiger charge is 2.21. The molecule has 1 aliphatic heterocycles. The van der Waals surface area contributed by atoms with E-state index in [1.807, 2.05) is 55.9 Å². The highest BCUT2D eigenvalue weighted by Crippen LogP contribution is 2.17. The molecule has 0 bridgehead atoms. The Bertz CT molecular complexity index is 740. The summed E-state index contributed by atoms with van der Waals surface area (Å²) in [5, 5.41) is 7.05. The minimum atomic E-state index is -0.515. The maximum atomic E-state index is 12.0. The molecule has 146 valence electrons. The van der Waals surface area contributed by atoms with Crippen molar-refractivity contribution in [2.75, 3.05) is 25.0 Å². The van der Waals surface area contributed by atoms with Gasteiger partial charge in [-0.25, -0.2) is 4.79 Å². The van der Waals surface area contributed by atoms with Crippen molar-refractivity contribution in [3.8, 4) is 0 Å². The van der Waals surface area contributed by atoms with E-state index in [0.717, 1.165) is 37.4 Å². The Morgan fingerprint density at radius 2 is 2.22 bits per heavy atom. The molecule has 7 heteroatoms. The normalized spacial score (nSPS) is 18.3. The predicted molar refractivity (Wildman–Crippen MR) is 104 cm³/mol. The Kier molecular flexibility index (Phi) is 6.13. The fourth-order valence-corrected chi connectivity index (χ4v) is 3.08. The Morgan fingerprint density at radius 3 is 2.96 bits per heavy atom. The van der Waals surface area contributed by atoms with E-state index in [9.17, 15) is 4.79 Å². The number of carbonyl (C=O) groups is 1. The van der Waals surface area contributed by atoms with Crippen molar-refractivity contribution in [2.24, 2.45) is 0 Å². The largest absolute Gasteiger partial charge is 0.444 e. The fraction of sp³-hybridized carbons (Fsp3) is 0.500. The number of hydrogen-bond acceptors (Lipinski definition) is 5. The van der Waals surface area contributed by atoms with Crippen LogP contribution in [0.15, 0.2) is 42.7 Å². The standard InChI is InChI=1S/C20H28N4O3/c1-20(2,3)27-19(25)22-17-7-4-6-16(12-17)13-23-10-11-26-18(14-23)15-24-9-5-8-21-24/h4-9,12,18H,10-11,13-15H2,1-3H3,(H,22,25)/t18-/m1/s1. The highest BCUT2D eigenvalue weighted by atomic mass is 16.6. The van der Waals surface area contributed by atoms with Crippen molar-refractivity contribution in [3.63, 3.8) is 0 Å². The minimum Gasteiger partial charge on any atom is -0.444 e. The summed E-state index contributed by atoms with van der Waals surface area (Å²) in [6.07, 6.45) is 3.42. The molecular formula is C20H28N4O3. The van der Waals surface area contributed by atoms with Crippen LogP contribution in [0.3, 0.4) is 0 Å². The van der Waals surface area contributed by atoms with Crippen LogP contribution >= 0.6 is 0 Å². The van der Waals surface area contributed by atoms with Crippen molar-refractivity contribution in [3.05, 3.63) is 48.3 Å². The zero-order chi connectivity index (χ0) is 19.3. The van der Waals surface area contributed by atoms with Gasteiger partial charge in [-0.3, -0.25) is 14.9 Å². The lowest BCUT2D eigenvalue weighted by Crippen LogP contribution is -2.43. The number of benzene rings is 1. The molecule has 0 radical (unpaired) electrons. The number of anilines is 1. The summed E-state index contributed by atoms with van der Waals surface area (Å²) in [7, 11) is 0. The smallest absolute Gasteiger partial charge is 0.412 e. The zero-order valence-corrected chi connectivity index (χ0v) is 16.2. The molecule has 1 saturated heterocycles. The van der Waals surface area contributed by atoms with Crippen LogP contribution in [0.25, 0.3) is 0 Å². The number of carbonyl (C=O) groups excluding carboxylic acids is 1. The molecule has 1 amide bonds. The van der Waals surface area contributed by atoms with Crippen LogP contribution in [-0.2, 0) is 22.6 Å². The molecule has 0 saturated carbocycles. The molecule has 0 spiro atoms. The molecule has 3 rings (SSSR count). The van der Waals surface area contributed by atoms with E-state index in [4.69, 9.17) is 9.47 Å². The maximum absolute atomic E-state index is 12.0. The van der Waals surface area contributed by atoms with Crippen molar-refractivity contribution in [1.82, 2.24) is 14.7 Å². The third-order valence-electron chi connectivity index (χ3n) is 4.15. The summed E-state index contributed by atoms with van der Waals surface area (Å²) in [5.74, 6) is 0. The molecule has 1 fully saturated rings. The molecule has 27 heavy (non-hydrogen) atoms. The number of nitrogens with zero attached hydrogens (tertiary/aromatic N) is 3. The quantitative estimate of drug-likeness (QED) is 0.873. The van der Waals surface area contributed by atoms with Crippen LogP contribution in [0.5, 0.6) is 0 Å². The number of aromatic nitrogens is 2. The average Bonchev–Trinajstić information content (AvgIpc) is 3.06. The summed E-state index contributed by atoms with van der Waals surface area (Å²) in [4.78, 5) is 14.3. The summed E-state index contributed by atoms with van der Waals surface area (Å²) >= 11 is 0. The lowest BCUT2D eigenvalue weighted by atomic mass is 10.1. The summed E-state index contributed by atoms with van der Waals surface area (Å²) < 4.78 is 13.1. The van der Waals surface area contributed by atoms with E-state index >= 15 is 0 Å². The first-order chi connectivity index (χ1) is 12.9. The molecule has 1 aromatic heterocycles. The number of ether oxygens (including phenoxy) is 2. The summed E-state index contributed by atoms with van der Waals surface area (Å²) in [6, 6.07) is 9.79. The average molecular weight is 372 g/mol. The molecular weight excluding hydrogens is 344 g/mol. The first-order valence-corrected chi connectivity index (χ1v) is 9.28. The van der Waals surface area contributed by atoms with Crippen molar-refractivity contribution in [2.45, 2.75) is 45.6 Å². The van der Waals surface area contributed by atoms with Gasteiger partial charge in [-0.15, -0.1) is 0 Å². The number of rotatable bonds is 5. The van der Waals surface area contributed by atoms with Gasteiger partial charge in [0.15, 0.2) is 0 Å². The lowest BCUT2D eigenvalue weighted by molar-refractivity contribution is -0.0402. The fourth-order valence-electron chi connectivity index (χ4n) is 3.08. The molecule has 1 aromatic carbocycles. The Morgan fingerprint density at radius 1 is 1.37 bits per heavy atom. The van der Waals surface area contributed by atoms with E-state index in [2.05, 4.69) is 21.4 Å². The second kappa shape index (κ2) is 8.54. The maximum Gasteiger partial charge on any atom is 0.412 e. The third kappa shape index (κ3) is 6.37. The van der Waals surface area contributed by atoms with Crippen molar-refractivity contribution < 1.29 is 14.3 Å². The topological polar surface area (TPSA) is 68.6 Å². The minimum absolute atomic E-state index is 0.127. The second-order valence-electron chi connectivity index (χ2n) is 7.78. The van der Waals surface area contributed by atoms with Crippen molar-refractivity contribution >= 4 is 11.8 Å². The van der Waals surface area contributed by atoms with Crippen LogP contribution in [0, 0.1) is 0 Å². The van der Waals surface area contributed by atoms with E-state index in [0.29, 0.717) is 6.61 Å². The van der Waals surface area contributed by atoms with Gasteiger partial charge in [-0.1, -0.05) is 12.1 Å². The van der Waals surface area contributed by atoms with Gasteiger partial charge in [0.25, 0.3) is 0 Å². The first-order valence-electron chi connectivity index (χ1n) is 9.28. The molecule has 2 aromatic rings.